The van der Waals surface area contributed by atoms with Gasteiger partial charge in [-0.15, -0.1) is 0 Å². The van der Waals surface area contributed by atoms with Crippen LogP contribution < -0.4 is 11.5 Å². The van der Waals surface area contributed by atoms with Crippen molar-refractivity contribution in [2.75, 3.05) is 0 Å². The lowest BCUT2D eigenvalue weighted by atomic mass is 9.87. The van der Waals surface area contributed by atoms with Gasteiger partial charge in [0.25, 0.3) is 0 Å². The first-order chi connectivity index (χ1) is 11.2. The largest absolute Gasteiger partial charge is 0.480 e. The fourth-order valence-electron chi connectivity index (χ4n) is 2.56. The lowest BCUT2D eigenvalue weighted by Gasteiger charge is -2.24. The Labute approximate surface area is 145 Å². The fraction of sp³-hybridized carbons (Fsp3) is 0.778. The molecule has 0 spiro atoms. The van der Waals surface area contributed by atoms with Gasteiger partial charge in [-0.05, 0) is 25.7 Å². The maximum absolute atomic E-state index is 11.4. The predicted molar refractivity (Wildman–Crippen MR) is 95.8 cm³/mol. The lowest BCUT2D eigenvalue weighted by molar-refractivity contribution is -0.144. The van der Waals surface area contributed by atoms with E-state index in [2.05, 4.69) is 0 Å². The zero-order valence-electron chi connectivity index (χ0n) is 15.1. The molecule has 0 aromatic carbocycles. The van der Waals surface area contributed by atoms with E-state index in [1.165, 1.54) is 0 Å². The fourth-order valence-corrected chi connectivity index (χ4v) is 2.56. The number of carbonyl (C=O) groups is 2. The average Bonchev–Trinajstić information content (AvgIpc) is 2.52. The third kappa shape index (κ3) is 7.93. The summed E-state index contributed by atoms with van der Waals surface area (Å²) in [5.74, 6) is -2.05. The van der Waals surface area contributed by atoms with Crippen molar-refractivity contribution in [3.63, 3.8) is 0 Å². The van der Waals surface area contributed by atoms with Crippen molar-refractivity contribution in [3.8, 4) is 0 Å². The number of nitrogens with two attached hydrogens (primary N) is 2. The number of hydrogen-bond acceptors (Lipinski definition) is 4. The standard InChI is InChI=1S/C18H34N2O4/c1-3-5-7-11-17(19,15(21)22)13-9-10-14-18(20,16(23)24)12-8-6-4-2/h9-10H,3-8,11-14,19-20H2,1-2H3,(H,21,22)(H,23,24). The summed E-state index contributed by atoms with van der Waals surface area (Å²) in [6.07, 6.45) is 9.89. The highest BCUT2D eigenvalue weighted by molar-refractivity contribution is 5.79. The maximum Gasteiger partial charge on any atom is 0.323 e. The Morgan fingerprint density at radius 1 is 0.792 bits per heavy atom. The lowest BCUT2D eigenvalue weighted by Crippen LogP contribution is -2.48. The Bertz CT molecular complexity index is 387. The molecule has 140 valence electrons. The Balaban J connectivity index is 4.66. The molecule has 0 aromatic rings. The van der Waals surface area contributed by atoms with Crippen LogP contribution in [0.4, 0.5) is 0 Å². The van der Waals surface area contributed by atoms with Gasteiger partial charge in [0.15, 0.2) is 0 Å². The molecule has 0 aromatic heterocycles. The second kappa shape index (κ2) is 11.2. The van der Waals surface area contributed by atoms with Gasteiger partial charge in [0.1, 0.15) is 11.1 Å². The van der Waals surface area contributed by atoms with E-state index in [9.17, 15) is 19.8 Å². The number of rotatable bonds is 14. The zero-order chi connectivity index (χ0) is 18.6. The van der Waals surface area contributed by atoms with Crippen LogP contribution in [0, 0.1) is 0 Å². The molecule has 0 fully saturated rings. The first kappa shape index (κ1) is 22.6. The smallest absolute Gasteiger partial charge is 0.323 e. The number of carboxylic acids is 2. The van der Waals surface area contributed by atoms with Gasteiger partial charge in [0, 0.05) is 0 Å². The number of hydrogen-bond donors (Lipinski definition) is 4. The van der Waals surface area contributed by atoms with E-state index < -0.39 is 23.0 Å². The normalized spacial score (nSPS) is 16.7. The van der Waals surface area contributed by atoms with E-state index in [-0.39, 0.29) is 12.8 Å². The molecule has 0 radical (unpaired) electrons. The minimum Gasteiger partial charge on any atom is -0.480 e. The molecular weight excluding hydrogens is 308 g/mol. The summed E-state index contributed by atoms with van der Waals surface area (Å²) >= 11 is 0. The van der Waals surface area contributed by atoms with Crippen LogP contribution in [0.25, 0.3) is 0 Å². The molecule has 0 heterocycles. The molecule has 0 rings (SSSR count). The molecule has 0 saturated carbocycles. The van der Waals surface area contributed by atoms with Crippen molar-refractivity contribution in [2.45, 2.75) is 89.1 Å². The van der Waals surface area contributed by atoms with Gasteiger partial charge in [0.2, 0.25) is 0 Å². The Hall–Kier alpha value is -1.40. The molecule has 0 aliphatic heterocycles. The molecule has 2 unspecified atom stereocenters. The highest BCUT2D eigenvalue weighted by Crippen LogP contribution is 2.21. The highest BCUT2D eigenvalue weighted by Gasteiger charge is 2.33. The molecule has 0 bridgehead atoms. The topological polar surface area (TPSA) is 127 Å². The highest BCUT2D eigenvalue weighted by atomic mass is 16.4. The first-order valence-corrected chi connectivity index (χ1v) is 8.91. The molecule has 0 amide bonds. The zero-order valence-corrected chi connectivity index (χ0v) is 15.1. The Kier molecular flexibility index (Phi) is 10.6. The Morgan fingerprint density at radius 2 is 1.12 bits per heavy atom. The summed E-state index contributed by atoms with van der Waals surface area (Å²) in [6, 6.07) is 0. The second-order valence-corrected chi connectivity index (χ2v) is 6.72. The molecular formula is C18H34N2O4. The third-order valence-corrected chi connectivity index (χ3v) is 4.44. The van der Waals surface area contributed by atoms with Crippen LogP contribution in [0.5, 0.6) is 0 Å². The van der Waals surface area contributed by atoms with Crippen molar-refractivity contribution < 1.29 is 19.8 Å². The quantitative estimate of drug-likeness (QED) is 0.284. The molecule has 0 aliphatic rings. The predicted octanol–water partition coefficient (Wildman–Crippen LogP) is 3.05. The number of aliphatic carboxylic acids is 2. The van der Waals surface area contributed by atoms with Gasteiger partial charge in [-0.2, -0.15) is 0 Å². The average molecular weight is 342 g/mol. The van der Waals surface area contributed by atoms with Crippen molar-refractivity contribution in [2.24, 2.45) is 11.5 Å². The number of carboxylic acid groups (broad SMARTS) is 2. The monoisotopic (exact) mass is 342 g/mol. The van der Waals surface area contributed by atoms with Crippen LogP contribution >= 0.6 is 0 Å². The summed E-state index contributed by atoms with van der Waals surface area (Å²) in [5.41, 5.74) is 9.39. The van der Waals surface area contributed by atoms with Crippen molar-refractivity contribution >= 4 is 11.9 Å². The van der Waals surface area contributed by atoms with Gasteiger partial charge in [-0.1, -0.05) is 64.5 Å². The van der Waals surface area contributed by atoms with E-state index in [0.717, 1.165) is 38.5 Å². The van der Waals surface area contributed by atoms with E-state index in [1.54, 1.807) is 12.2 Å². The van der Waals surface area contributed by atoms with Crippen LogP contribution in [-0.4, -0.2) is 33.2 Å². The van der Waals surface area contributed by atoms with E-state index in [4.69, 9.17) is 11.5 Å². The van der Waals surface area contributed by atoms with Gasteiger partial charge in [0.05, 0.1) is 0 Å². The minimum absolute atomic E-state index is 0.177. The molecule has 0 aliphatic carbocycles. The van der Waals surface area contributed by atoms with Crippen LogP contribution in [0.1, 0.15) is 78.1 Å². The molecule has 6 heteroatoms. The Morgan fingerprint density at radius 3 is 1.38 bits per heavy atom. The van der Waals surface area contributed by atoms with Crippen LogP contribution in [0.15, 0.2) is 12.2 Å². The second-order valence-electron chi connectivity index (χ2n) is 6.72. The SMILES string of the molecule is CCCCCC(N)(CC=CCC(N)(CCCCC)C(=O)O)C(=O)O. The van der Waals surface area contributed by atoms with E-state index in [0.29, 0.717) is 12.8 Å². The minimum atomic E-state index is -1.30. The van der Waals surface area contributed by atoms with E-state index >= 15 is 0 Å². The van der Waals surface area contributed by atoms with Crippen molar-refractivity contribution in [3.05, 3.63) is 12.2 Å². The molecule has 24 heavy (non-hydrogen) atoms. The third-order valence-electron chi connectivity index (χ3n) is 4.44. The summed E-state index contributed by atoms with van der Waals surface area (Å²) in [7, 11) is 0. The summed E-state index contributed by atoms with van der Waals surface area (Å²) in [6.45, 7) is 4.09. The summed E-state index contributed by atoms with van der Waals surface area (Å²) < 4.78 is 0. The van der Waals surface area contributed by atoms with E-state index in [1.807, 2.05) is 13.8 Å². The van der Waals surface area contributed by atoms with Gasteiger partial charge < -0.3 is 21.7 Å². The summed E-state index contributed by atoms with van der Waals surface area (Å²) in [4.78, 5) is 22.8. The van der Waals surface area contributed by atoms with Gasteiger partial charge in [-0.3, -0.25) is 9.59 Å². The molecule has 6 N–H and O–H groups in total. The number of unbranched alkanes of at least 4 members (excludes halogenated alkanes) is 4. The van der Waals surface area contributed by atoms with Gasteiger partial charge >= 0.3 is 11.9 Å². The van der Waals surface area contributed by atoms with Crippen molar-refractivity contribution in [1.82, 2.24) is 0 Å². The van der Waals surface area contributed by atoms with Crippen LogP contribution in [0.3, 0.4) is 0 Å². The van der Waals surface area contributed by atoms with Crippen molar-refractivity contribution in [1.29, 1.82) is 0 Å². The molecule has 0 saturated heterocycles. The first-order valence-electron chi connectivity index (χ1n) is 8.91. The van der Waals surface area contributed by atoms with Crippen LogP contribution in [-0.2, 0) is 9.59 Å². The van der Waals surface area contributed by atoms with Crippen LogP contribution in [0.2, 0.25) is 0 Å². The molecule has 6 nitrogen and oxygen atoms in total. The van der Waals surface area contributed by atoms with Gasteiger partial charge in [-0.25, -0.2) is 0 Å². The summed E-state index contributed by atoms with van der Waals surface area (Å²) in [5, 5.41) is 18.7. The molecule has 2 atom stereocenters. The maximum atomic E-state index is 11.4.